The Morgan fingerprint density at radius 3 is 2.69 bits per heavy atom. The molecule has 0 atom stereocenters. The summed E-state index contributed by atoms with van der Waals surface area (Å²) in [6, 6.07) is 4.28. The van der Waals surface area contributed by atoms with Crippen LogP contribution in [-0.4, -0.2) is 12.6 Å². The predicted molar refractivity (Wildman–Crippen MR) is 55.0 cm³/mol. The molecule has 0 unspecified atom stereocenters. The van der Waals surface area contributed by atoms with E-state index in [0.29, 0.717) is 6.54 Å². The number of nitrogens with zero attached hydrogens (tertiary/aromatic N) is 1. The SMILES string of the molecule is CCCc1ccc(CCN=C=O)s1. The first-order valence-corrected chi connectivity index (χ1v) is 5.29. The van der Waals surface area contributed by atoms with E-state index in [4.69, 9.17) is 0 Å². The molecule has 0 aromatic carbocycles. The topological polar surface area (TPSA) is 29.4 Å². The van der Waals surface area contributed by atoms with Gasteiger partial charge in [-0.25, -0.2) is 9.79 Å². The van der Waals surface area contributed by atoms with Crippen molar-refractivity contribution in [2.24, 2.45) is 4.99 Å². The number of thiophene rings is 1. The zero-order valence-corrected chi connectivity index (χ0v) is 8.56. The molecule has 0 amide bonds. The number of aryl methyl sites for hydroxylation is 1. The summed E-state index contributed by atoms with van der Waals surface area (Å²) in [6.07, 6.45) is 4.76. The molecular formula is C10H13NOS. The lowest BCUT2D eigenvalue weighted by Crippen LogP contribution is -1.83. The van der Waals surface area contributed by atoms with Crippen molar-refractivity contribution in [3.8, 4) is 0 Å². The van der Waals surface area contributed by atoms with E-state index in [1.807, 2.05) is 11.3 Å². The van der Waals surface area contributed by atoms with Crippen molar-refractivity contribution >= 4 is 17.4 Å². The van der Waals surface area contributed by atoms with Gasteiger partial charge in [0.1, 0.15) is 0 Å². The number of isocyanates is 1. The van der Waals surface area contributed by atoms with Gasteiger partial charge in [-0.1, -0.05) is 13.3 Å². The van der Waals surface area contributed by atoms with Crippen LogP contribution in [0.4, 0.5) is 0 Å². The van der Waals surface area contributed by atoms with Gasteiger partial charge in [0.2, 0.25) is 6.08 Å². The number of aliphatic imine (C=N–C) groups is 1. The first-order valence-electron chi connectivity index (χ1n) is 4.48. The number of hydrogen-bond acceptors (Lipinski definition) is 3. The van der Waals surface area contributed by atoms with Gasteiger partial charge in [0.15, 0.2) is 0 Å². The fourth-order valence-corrected chi connectivity index (χ4v) is 2.26. The van der Waals surface area contributed by atoms with Crippen LogP contribution in [0.15, 0.2) is 17.1 Å². The Morgan fingerprint density at radius 1 is 1.38 bits per heavy atom. The maximum atomic E-state index is 9.81. The summed E-state index contributed by atoms with van der Waals surface area (Å²) in [6.45, 7) is 2.74. The van der Waals surface area contributed by atoms with E-state index >= 15 is 0 Å². The van der Waals surface area contributed by atoms with Gasteiger partial charge in [0.05, 0.1) is 6.54 Å². The largest absolute Gasteiger partial charge is 0.234 e. The Hall–Kier alpha value is -0.920. The normalized spacial score (nSPS) is 9.62. The molecule has 1 heterocycles. The first kappa shape index (κ1) is 10.2. The highest BCUT2D eigenvalue weighted by atomic mass is 32.1. The van der Waals surface area contributed by atoms with Crippen molar-refractivity contribution in [3.63, 3.8) is 0 Å². The highest BCUT2D eigenvalue weighted by molar-refractivity contribution is 7.11. The van der Waals surface area contributed by atoms with Crippen molar-refractivity contribution in [2.45, 2.75) is 26.2 Å². The molecule has 0 spiro atoms. The van der Waals surface area contributed by atoms with Crippen LogP contribution in [-0.2, 0) is 17.6 Å². The van der Waals surface area contributed by atoms with Crippen LogP contribution < -0.4 is 0 Å². The van der Waals surface area contributed by atoms with Crippen molar-refractivity contribution in [1.82, 2.24) is 0 Å². The molecule has 1 rings (SSSR count). The molecule has 0 saturated carbocycles. The van der Waals surface area contributed by atoms with E-state index in [-0.39, 0.29) is 0 Å². The fraction of sp³-hybridized carbons (Fsp3) is 0.500. The molecule has 13 heavy (non-hydrogen) atoms. The van der Waals surface area contributed by atoms with E-state index in [9.17, 15) is 4.79 Å². The molecule has 0 aliphatic carbocycles. The Balaban J connectivity index is 2.43. The summed E-state index contributed by atoms with van der Waals surface area (Å²) in [5.41, 5.74) is 0. The first-order chi connectivity index (χ1) is 6.36. The van der Waals surface area contributed by atoms with Gasteiger partial charge in [-0.3, -0.25) is 0 Å². The van der Waals surface area contributed by atoms with Gasteiger partial charge in [0, 0.05) is 16.2 Å². The van der Waals surface area contributed by atoms with Crippen LogP contribution in [0.2, 0.25) is 0 Å². The Labute approximate surface area is 82.3 Å². The Kier molecular flexibility index (Phi) is 4.44. The van der Waals surface area contributed by atoms with E-state index in [1.165, 1.54) is 16.2 Å². The summed E-state index contributed by atoms with van der Waals surface area (Å²) in [7, 11) is 0. The average Bonchev–Trinajstić information content (AvgIpc) is 2.54. The standard InChI is InChI=1S/C10H13NOS/c1-2-3-9-4-5-10(13-9)6-7-11-8-12/h4-5H,2-3,6-7H2,1H3. The van der Waals surface area contributed by atoms with Gasteiger partial charge < -0.3 is 0 Å². The quantitative estimate of drug-likeness (QED) is 0.524. The van der Waals surface area contributed by atoms with Gasteiger partial charge in [-0.15, -0.1) is 11.3 Å². The monoisotopic (exact) mass is 195 g/mol. The van der Waals surface area contributed by atoms with Crippen molar-refractivity contribution in [1.29, 1.82) is 0 Å². The molecule has 1 aromatic rings. The van der Waals surface area contributed by atoms with E-state index in [2.05, 4.69) is 24.0 Å². The van der Waals surface area contributed by atoms with Crippen LogP contribution >= 0.6 is 11.3 Å². The average molecular weight is 195 g/mol. The minimum Gasteiger partial charge on any atom is -0.211 e. The summed E-state index contributed by atoms with van der Waals surface area (Å²) >= 11 is 1.82. The maximum Gasteiger partial charge on any atom is 0.234 e. The fourth-order valence-electron chi connectivity index (χ4n) is 1.15. The van der Waals surface area contributed by atoms with Gasteiger partial charge >= 0.3 is 0 Å². The maximum absolute atomic E-state index is 9.81. The lowest BCUT2D eigenvalue weighted by molar-refractivity contribution is 0.563. The number of carbonyl (C=O) groups excluding carboxylic acids is 1. The molecule has 70 valence electrons. The lowest BCUT2D eigenvalue weighted by atomic mass is 10.3. The third-order valence-electron chi connectivity index (χ3n) is 1.75. The van der Waals surface area contributed by atoms with Gasteiger partial charge in [-0.2, -0.15) is 0 Å². The second-order valence-corrected chi connectivity index (χ2v) is 4.09. The zero-order valence-electron chi connectivity index (χ0n) is 7.75. The van der Waals surface area contributed by atoms with Crippen LogP contribution in [0.5, 0.6) is 0 Å². The molecule has 0 saturated heterocycles. The van der Waals surface area contributed by atoms with Crippen LogP contribution in [0, 0.1) is 0 Å². The molecule has 0 aliphatic heterocycles. The summed E-state index contributed by atoms with van der Waals surface area (Å²) < 4.78 is 0. The molecule has 1 aromatic heterocycles. The Bertz CT molecular complexity index is 300. The van der Waals surface area contributed by atoms with Crippen molar-refractivity contribution in [2.75, 3.05) is 6.54 Å². The zero-order chi connectivity index (χ0) is 9.52. The minimum atomic E-state index is 0.565. The van der Waals surface area contributed by atoms with Crippen LogP contribution in [0.1, 0.15) is 23.1 Å². The number of hydrogen-bond donors (Lipinski definition) is 0. The second kappa shape index (κ2) is 5.68. The molecule has 2 nitrogen and oxygen atoms in total. The van der Waals surface area contributed by atoms with E-state index in [1.54, 1.807) is 6.08 Å². The molecule has 0 bridgehead atoms. The van der Waals surface area contributed by atoms with Crippen molar-refractivity contribution < 1.29 is 4.79 Å². The highest BCUT2D eigenvalue weighted by Crippen LogP contribution is 2.18. The third-order valence-corrected chi connectivity index (χ3v) is 2.95. The van der Waals surface area contributed by atoms with Gasteiger partial charge in [-0.05, 0) is 18.6 Å². The summed E-state index contributed by atoms with van der Waals surface area (Å²) in [4.78, 5) is 16.1. The van der Waals surface area contributed by atoms with Crippen LogP contribution in [0.3, 0.4) is 0 Å². The summed E-state index contributed by atoms with van der Waals surface area (Å²) in [5, 5.41) is 0. The highest BCUT2D eigenvalue weighted by Gasteiger charge is 1.98. The predicted octanol–water partition coefficient (Wildman–Crippen LogP) is 2.58. The minimum absolute atomic E-state index is 0.565. The molecule has 0 radical (unpaired) electrons. The lowest BCUT2D eigenvalue weighted by Gasteiger charge is -1.90. The van der Waals surface area contributed by atoms with Gasteiger partial charge in [0.25, 0.3) is 0 Å². The Morgan fingerprint density at radius 2 is 2.08 bits per heavy atom. The molecular weight excluding hydrogens is 182 g/mol. The second-order valence-electron chi connectivity index (χ2n) is 2.84. The third kappa shape index (κ3) is 3.53. The van der Waals surface area contributed by atoms with E-state index < -0.39 is 0 Å². The van der Waals surface area contributed by atoms with E-state index in [0.717, 1.165) is 12.8 Å². The molecule has 0 fully saturated rings. The smallest absolute Gasteiger partial charge is 0.211 e. The number of rotatable bonds is 5. The molecule has 0 N–H and O–H groups in total. The summed E-state index contributed by atoms with van der Waals surface area (Å²) in [5.74, 6) is 0. The molecule has 3 heteroatoms. The van der Waals surface area contributed by atoms with Crippen LogP contribution in [0.25, 0.3) is 0 Å². The van der Waals surface area contributed by atoms with Crippen molar-refractivity contribution in [3.05, 3.63) is 21.9 Å². The molecule has 0 aliphatic rings.